The number of pyridine rings is 1. The molecule has 5 heteroatoms. The molecule has 3 rings (SSSR count). The highest BCUT2D eigenvalue weighted by atomic mass is 35.5. The first-order chi connectivity index (χ1) is 10.2. The highest BCUT2D eigenvalue weighted by Gasteiger charge is 2.51. The topological polar surface area (TPSA) is 34.6 Å². The molecule has 0 aromatic carbocycles. The van der Waals surface area contributed by atoms with Gasteiger partial charge >= 0.3 is 0 Å². The van der Waals surface area contributed by atoms with E-state index in [9.17, 15) is 0 Å². The number of ether oxygens (including phenoxy) is 2. The van der Waals surface area contributed by atoms with E-state index in [-0.39, 0.29) is 5.60 Å². The van der Waals surface area contributed by atoms with Gasteiger partial charge in [-0.05, 0) is 31.7 Å². The molecule has 1 saturated heterocycles. The van der Waals surface area contributed by atoms with E-state index < -0.39 is 0 Å². The summed E-state index contributed by atoms with van der Waals surface area (Å²) in [5.74, 6) is 0. The highest BCUT2D eigenvalue weighted by Crippen LogP contribution is 2.43. The molecule has 0 spiro atoms. The number of methoxy groups -OCH3 is 2. The fourth-order valence-electron chi connectivity index (χ4n) is 3.90. The van der Waals surface area contributed by atoms with E-state index >= 15 is 0 Å². The quantitative estimate of drug-likeness (QED) is 0.856. The Labute approximate surface area is 131 Å². The molecule has 1 aromatic heterocycles. The van der Waals surface area contributed by atoms with Crippen LogP contribution in [0.4, 0.5) is 0 Å². The van der Waals surface area contributed by atoms with E-state index in [1.165, 1.54) is 0 Å². The number of rotatable bonds is 4. The zero-order chi connectivity index (χ0) is 14.9. The van der Waals surface area contributed by atoms with Gasteiger partial charge in [0.15, 0.2) is 0 Å². The van der Waals surface area contributed by atoms with Crippen LogP contribution in [0, 0.1) is 0 Å². The van der Waals surface area contributed by atoms with Crippen molar-refractivity contribution in [3.05, 3.63) is 29.0 Å². The van der Waals surface area contributed by atoms with E-state index in [2.05, 4.69) is 9.88 Å². The van der Waals surface area contributed by atoms with Gasteiger partial charge in [0.05, 0.1) is 11.7 Å². The molecule has 0 unspecified atom stereocenters. The Morgan fingerprint density at radius 3 is 3.00 bits per heavy atom. The number of hydrogen-bond acceptors (Lipinski definition) is 4. The molecule has 0 radical (unpaired) electrons. The van der Waals surface area contributed by atoms with Crippen LogP contribution < -0.4 is 0 Å². The standard InChI is InChI=1S/C16H23ClN2O2/c1-20-13-3-5-16(21-2)6-8-19(15(16)9-13)11-12-10-18-7-4-14(12)17/h4,7,10,13,15H,3,5-6,8-9,11H2,1-2H3/t13-,15-,16+/m0/s1. The van der Waals surface area contributed by atoms with Crippen molar-refractivity contribution in [3.8, 4) is 0 Å². The lowest BCUT2D eigenvalue weighted by Gasteiger charge is -2.43. The minimum absolute atomic E-state index is 0.0102. The summed E-state index contributed by atoms with van der Waals surface area (Å²) < 4.78 is 11.5. The normalized spacial score (nSPS) is 33.1. The van der Waals surface area contributed by atoms with Crippen LogP contribution >= 0.6 is 11.6 Å². The maximum Gasteiger partial charge on any atom is 0.0847 e. The summed E-state index contributed by atoms with van der Waals surface area (Å²) in [7, 11) is 3.66. The highest BCUT2D eigenvalue weighted by molar-refractivity contribution is 6.31. The summed E-state index contributed by atoms with van der Waals surface area (Å²) in [5.41, 5.74) is 1.08. The number of likely N-dealkylation sites (tertiary alicyclic amines) is 1. The van der Waals surface area contributed by atoms with Gasteiger partial charge in [-0.2, -0.15) is 0 Å². The number of nitrogens with zero attached hydrogens (tertiary/aromatic N) is 2. The fraction of sp³-hybridized carbons (Fsp3) is 0.688. The summed E-state index contributed by atoms with van der Waals surface area (Å²) in [5, 5.41) is 0.791. The second-order valence-electron chi connectivity index (χ2n) is 6.10. The molecule has 1 aliphatic heterocycles. The van der Waals surface area contributed by atoms with Gasteiger partial charge < -0.3 is 9.47 Å². The maximum absolute atomic E-state index is 6.28. The molecule has 4 nitrogen and oxygen atoms in total. The van der Waals surface area contributed by atoms with Gasteiger partial charge in [-0.1, -0.05) is 11.6 Å². The summed E-state index contributed by atoms with van der Waals surface area (Å²) in [4.78, 5) is 6.68. The Balaban J connectivity index is 1.78. The second-order valence-corrected chi connectivity index (χ2v) is 6.51. The van der Waals surface area contributed by atoms with E-state index in [4.69, 9.17) is 21.1 Å². The first-order valence-electron chi connectivity index (χ1n) is 7.59. The van der Waals surface area contributed by atoms with Gasteiger partial charge in [-0.3, -0.25) is 9.88 Å². The van der Waals surface area contributed by atoms with E-state index in [0.717, 1.165) is 49.4 Å². The average Bonchev–Trinajstić information content (AvgIpc) is 2.88. The summed E-state index contributed by atoms with van der Waals surface area (Å²) in [6.45, 7) is 1.87. The van der Waals surface area contributed by atoms with E-state index in [0.29, 0.717) is 12.1 Å². The van der Waals surface area contributed by atoms with Crippen LogP contribution in [-0.2, 0) is 16.0 Å². The predicted molar refractivity (Wildman–Crippen MR) is 82.5 cm³/mol. The van der Waals surface area contributed by atoms with Crippen LogP contribution in [0.25, 0.3) is 0 Å². The van der Waals surface area contributed by atoms with Gasteiger partial charge in [0, 0.05) is 56.3 Å². The minimum Gasteiger partial charge on any atom is -0.381 e. The molecular weight excluding hydrogens is 288 g/mol. The lowest BCUT2D eigenvalue weighted by molar-refractivity contribution is -0.0947. The molecule has 1 aromatic rings. The molecule has 1 aliphatic carbocycles. The van der Waals surface area contributed by atoms with Crippen LogP contribution in [0.2, 0.25) is 5.02 Å². The average molecular weight is 311 g/mol. The lowest BCUT2D eigenvalue weighted by Crippen LogP contribution is -2.51. The molecular formula is C16H23ClN2O2. The van der Waals surface area contributed by atoms with Crippen molar-refractivity contribution >= 4 is 11.6 Å². The molecule has 1 saturated carbocycles. The maximum atomic E-state index is 6.28. The SMILES string of the molecule is CO[C@H]1CC[C@@]2(OC)CCN(Cc3cnccc3Cl)[C@H]2C1. The number of aromatic nitrogens is 1. The van der Waals surface area contributed by atoms with Gasteiger partial charge in [-0.15, -0.1) is 0 Å². The van der Waals surface area contributed by atoms with Gasteiger partial charge in [0.2, 0.25) is 0 Å². The zero-order valence-electron chi connectivity index (χ0n) is 12.7. The third-order valence-electron chi connectivity index (χ3n) is 5.20. The van der Waals surface area contributed by atoms with Crippen molar-refractivity contribution in [2.75, 3.05) is 20.8 Å². The molecule has 2 aliphatic rings. The molecule has 0 N–H and O–H groups in total. The number of fused-ring (bicyclic) bond motifs is 1. The Hall–Kier alpha value is -0.680. The summed E-state index contributed by atoms with van der Waals surface area (Å²) in [6.07, 6.45) is 8.21. The second kappa shape index (κ2) is 6.21. The Kier molecular flexibility index (Phi) is 4.50. The van der Waals surface area contributed by atoms with Crippen LogP contribution in [0.5, 0.6) is 0 Å². The van der Waals surface area contributed by atoms with Crippen molar-refractivity contribution < 1.29 is 9.47 Å². The molecule has 0 amide bonds. The van der Waals surface area contributed by atoms with E-state index in [1.54, 1.807) is 6.20 Å². The third-order valence-corrected chi connectivity index (χ3v) is 5.57. The Morgan fingerprint density at radius 1 is 1.43 bits per heavy atom. The number of halogens is 1. The molecule has 21 heavy (non-hydrogen) atoms. The van der Waals surface area contributed by atoms with Gasteiger partial charge in [0.1, 0.15) is 0 Å². The van der Waals surface area contributed by atoms with Crippen LogP contribution in [0.3, 0.4) is 0 Å². The first-order valence-corrected chi connectivity index (χ1v) is 7.97. The summed E-state index contributed by atoms with van der Waals surface area (Å²) in [6, 6.07) is 2.26. The fourth-order valence-corrected chi connectivity index (χ4v) is 4.07. The van der Waals surface area contributed by atoms with E-state index in [1.807, 2.05) is 26.5 Å². The van der Waals surface area contributed by atoms with Gasteiger partial charge in [0.25, 0.3) is 0 Å². The van der Waals surface area contributed by atoms with Gasteiger partial charge in [-0.25, -0.2) is 0 Å². The molecule has 116 valence electrons. The van der Waals surface area contributed by atoms with Crippen molar-refractivity contribution in [1.82, 2.24) is 9.88 Å². The van der Waals surface area contributed by atoms with Crippen LogP contribution in [0.1, 0.15) is 31.2 Å². The Bertz CT molecular complexity index is 499. The molecule has 2 fully saturated rings. The van der Waals surface area contributed by atoms with Crippen molar-refractivity contribution in [1.29, 1.82) is 0 Å². The lowest BCUT2D eigenvalue weighted by atomic mass is 9.79. The Morgan fingerprint density at radius 2 is 2.29 bits per heavy atom. The third kappa shape index (κ3) is 2.82. The van der Waals surface area contributed by atoms with Crippen LogP contribution in [-0.4, -0.2) is 48.4 Å². The molecule has 3 atom stereocenters. The zero-order valence-corrected chi connectivity index (χ0v) is 13.5. The molecule has 0 bridgehead atoms. The van der Waals surface area contributed by atoms with Crippen molar-refractivity contribution in [3.63, 3.8) is 0 Å². The first kappa shape index (κ1) is 15.2. The van der Waals surface area contributed by atoms with Crippen molar-refractivity contribution in [2.45, 2.75) is 50.0 Å². The largest absolute Gasteiger partial charge is 0.381 e. The predicted octanol–water partition coefficient (Wildman–Crippen LogP) is 2.89. The minimum atomic E-state index is -0.0102. The monoisotopic (exact) mass is 310 g/mol. The van der Waals surface area contributed by atoms with Crippen LogP contribution in [0.15, 0.2) is 18.5 Å². The summed E-state index contributed by atoms with van der Waals surface area (Å²) >= 11 is 6.28. The van der Waals surface area contributed by atoms with Crippen molar-refractivity contribution in [2.24, 2.45) is 0 Å². The number of hydrogen-bond donors (Lipinski definition) is 0. The smallest absolute Gasteiger partial charge is 0.0847 e. The molecule has 2 heterocycles.